The third kappa shape index (κ3) is 4.73. The van der Waals surface area contributed by atoms with Gasteiger partial charge in [-0.25, -0.2) is 13.2 Å². The van der Waals surface area contributed by atoms with Crippen LogP contribution < -0.4 is 9.92 Å². The monoisotopic (exact) mass is 398 g/mol. The number of rotatable bonds is 6. The summed E-state index contributed by atoms with van der Waals surface area (Å²) in [6.45, 7) is 3.42. The van der Waals surface area contributed by atoms with Crippen LogP contribution in [0.4, 0.5) is 13.2 Å². The quantitative estimate of drug-likeness (QED) is 0.433. The van der Waals surface area contributed by atoms with E-state index in [1.54, 1.807) is 37.4 Å². The van der Waals surface area contributed by atoms with Crippen LogP contribution in [0.5, 0.6) is 11.5 Å². The maximum Gasteiger partial charge on any atom is 0.151 e. The van der Waals surface area contributed by atoms with Gasteiger partial charge in [-0.15, -0.1) is 0 Å². The highest BCUT2D eigenvalue weighted by molar-refractivity contribution is 6.95. The highest BCUT2D eigenvalue weighted by Crippen LogP contribution is 2.27. The molecule has 0 saturated carbocycles. The maximum absolute atomic E-state index is 14.9. The Morgan fingerprint density at radius 2 is 1.46 bits per heavy atom. The molecule has 0 aliphatic heterocycles. The molecular formula is C23H21F3OSi. The molecule has 0 radical (unpaired) electrons. The van der Waals surface area contributed by atoms with E-state index in [4.69, 9.17) is 4.74 Å². The van der Waals surface area contributed by atoms with Crippen molar-refractivity contribution in [2.24, 2.45) is 0 Å². The third-order valence-electron chi connectivity index (χ3n) is 4.59. The van der Waals surface area contributed by atoms with Gasteiger partial charge in [0.1, 0.15) is 28.6 Å². The number of allylic oxidation sites excluding steroid dienone is 1. The summed E-state index contributed by atoms with van der Waals surface area (Å²) in [5.74, 6) is 0.0464. The summed E-state index contributed by atoms with van der Waals surface area (Å²) in [6, 6.07) is 21.8. The summed E-state index contributed by atoms with van der Waals surface area (Å²) in [4.78, 5) is 0. The molecule has 5 heteroatoms. The van der Waals surface area contributed by atoms with E-state index in [1.165, 1.54) is 24.3 Å². The molecule has 28 heavy (non-hydrogen) atoms. The van der Waals surface area contributed by atoms with Crippen molar-refractivity contribution in [2.45, 2.75) is 19.5 Å². The van der Waals surface area contributed by atoms with Crippen LogP contribution in [0.25, 0.3) is 0 Å². The van der Waals surface area contributed by atoms with Gasteiger partial charge < -0.3 is 4.74 Å². The predicted octanol–water partition coefficient (Wildman–Crippen LogP) is 6.47. The fourth-order valence-electron chi connectivity index (χ4n) is 2.93. The third-order valence-corrected chi connectivity index (χ3v) is 7.73. The Morgan fingerprint density at radius 3 is 2.14 bits per heavy atom. The van der Waals surface area contributed by atoms with Gasteiger partial charge in [0.15, 0.2) is 8.07 Å². The highest BCUT2D eigenvalue weighted by atomic mass is 28.3. The van der Waals surface area contributed by atoms with E-state index in [0.29, 0.717) is 22.2 Å². The standard InChI is InChI=1S/C23H21F3OSi/c1-28(2,21-13-11-18(24)12-14-21)23(26)22(25)16-17-7-6-10-20(15-17)27-19-8-4-3-5-9-19/h3-15H,16H2,1-2H3. The van der Waals surface area contributed by atoms with Crippen molar-refractivity contribution in [1.29, 1.82) is 0 Å². The molecule has 0 atom stereocenters. The van der Waals surface area contributed by atoms with Crippen LogP contribution in [0.3, 0.4) is 0 Å². The molecule has 0 N–H and O–H groups in total. The van der Waals surface area contributed by atoms with E-state index in [0.717, 1.165) is 0 Å². The average molecular weight is 399 g/mol. The van der Waals surface area contributed by atoms with E-state index in [-0.39, 0.29) is 6.42 Å². The van der Waals surface area contributed by atoms with Gasteiger partial charge in [0.05, 0.1) is 0 Å². The number of para-hydroxylation sites is 1. The summed E-state index contributed by atoms with van der Waals surface area (Å²) < 4.78 is 48.6. The van der Waals surface area contributed by atoms with E-state index < -0.39 is 25.2 Å². The molecule has 0 bridgehead atoms. The second kappa shape index (κ2) is 8.48. The summed E-state index contributed by atoms with van der Waals surface area (Å²) in [5, 5.41) is 0.641. The molecule has 0 heterocycles. The van der Waals surface area contributed by atoms with Gasteiger partial charge in [-0.3, -0.25) is 0 Å². The van der Waals surface area contributed by atoms with Crippen LogP contribution in [-0.4, -0.2) is 8.07 Å². The minimum Gasteiger partial charge on any atom is -0.457 e. The topological polar surface area (TPSA) is 9.23 Å². The molecule has 0 amide bonds. The largest absolute Gasteiger partial charge is 0.457 e. The Morgan fingerprint density at radius 1 is 0.821 bits per heavy atom. The average Bonchev–Trinajstić information content (AvgIpc) is 2.68. The van der Waals surface area contributed by atoms with Crippen LogP contribution in [0, 0.1) is 5.82 Å². The lowest BCUT2D eigenvalue weighted by molar-refractivity contribution is 0.481. The van der Waals surface area contributed by atoms with Crippen LogP contribution in [0.2, 0.25) is 13.1 Å². The number of ether oxygens (including phenoxy) is 1. The molecule has 3 rings (SSSR count). The maximum atomic E-state index is 14.9. The second-order valence-electron chi connectivity index (χ2n) is 7.09. The van der Waals surface area contributed by atoms with Crippen molar-refractivity contribution in [3.8, 4) is 11.5 Å². The van der Waals surface area contributed by atoms with Crippen molar-refractivity contribution < 1.29 is 17.9 Å². The lowest BCUT2D eigenvalue weighted by atomic mass is 10.1. The number of hydrogen-bond donors (Lipinski definition) is 0. The Hall–Kier alpha value is -2.79. The van der Waals surface area contributed by atoms with E-state index in [2.05, 4.69) is 0 Å². The van der Waals surface area contributed by atoms with Gasteiger partial charge in [-0.1, -0.05) is 60.7 Å². The molecule has 0 fully saturated rings. The van der Waals surface area contributed by atoms with Crippen LogP contribution >= 0.6 is 0 Å². The van der Waals surface area contributed by atoms with E-state index in [1.807, 2.05) is 30.3 Å². The zero-order chi connectivity index (χ0) is 20.1. The Kier molecular flexibility index (Phi) is 6.04. The Bertz CT molecular complexity index is 967. The number of hydrogen-bond acceptors (Lipinski definition) is 1. The SMILES string of the molecule is C[Si](C)(C(F)=C(F)Cc1cccc(Oc2ccccc2)c1)c1ccc(F)cc1. The van der Waals surface area contributed by atoms with Gasteiger partial charge in [-0.2, -0.15) is 0 Å². The Labute approximate surface area is 164 Å². The van der Waals surface area contributed by atoms with Gasteiger partial charge in [0.25, 0.3) is 0 Å². The van der Waals surface area contributed by atoms with Crippen LogP contribution in [0.1, 0.15) is 5.56 Å². The Balaban J connectivity index is 1.80. The molecule has 0 aliphatic carbocycles. The minimum atomic E-state index is -2.86. The summed E-state index contributed by atoms with van der Waals surface area (Å²) in [5.41, 5.74) is -0.113. The molecule has 0 saturated heterocycles. The first kappa shape index (κ1) is 20.0. The van der Waals surface area contributed by atoms with Crippen LogP contribution in [0.15, 0.2) is 90.1 Å². The number of benzene rings is 3. The highest BCUT2D eigenvalue weighted by Gasteiger charge is 2.32. The predicted molar refractivity (Wildman–Crippen MR) is 109 cm³/mol. The minimum absolute atomic E-state index is 0.157. The smallest absolute Gasteiger partial charge is 0.151 e. The molecule has 0 unspecified atom stereocenters. The van der Waals surface area contributed by atoms with Gasteiger partial charge >= 0.3 is 0 Å². The van der Waals surface area contributed by atoms with Gasteiger partial charge in [-0.05, 0) is 42.0 Å². The van der Waals surface area contributed by atoms with E-state index in [9.17, 15) is 13.2 Å². The van der Waals surface area contributed by atoms with Crippen molar-refractivity contribution in [3.63, 3.8) is 0 Å². The molecular weight excluding hydrogens is 377 g/mol. The molecule has 0 aromatic heterocycles. The zero-order valence-electron chi connectivity index (χ0n) is 15.8. The molecule has 3 aromatic rings. The first-order valence-corrected chi connectivity index (χ1v) is 12.0. The van der Waals surface area contributed by atoms with Gasteiger partial charge in [0.2, 0.25) is 0 Å². The van der Waals surface area contributed by atoms with E-state index >= 15 is 0 Å². The van der Waals surface area contributed by atoms with Gasteiger partial charge in [0, 0.05) is 6.42 Å². The lowest BCUT2D eigenvalue weighted by Crippen LogP contribution is -2.43. The zero-order valence-corrected chi connectivity index (χ0v) is 16.8. The fraction of sp³-hybridized carbons (Fsp3) is 0.130. The van der Waals surface area contributed by atoms with Crippen molar-refractivity contribution in [2.75, 3.05) is 0 Å². The number of halogens is 3. The van der Waals surface area contributed by atoms with Crippen LogP contribution in [-0.2, 0) is 6.42 Å². The molecule has 1 nitrogen and oxygen atoms in total. The molecule has 3 aromatic carbocycles. The summed E-state index contributed by atoms with van der Waals surface area (Å²) >= 11 is 0. The first-order chi connectivity index (χ1) is 13.4. The normalized spacial score (nSPS) is 12.5. The lowest BCUT2D eigenvalue weighted by Gasteiger charge is -2.21. The molecule has 0 spiro atoms. The first-order valence-electron chi connectivity index (χ1n) is 8.99. The second-order valence-corrected chi connectivity index (χ2v) is 11.4. The fourth-order valence-corrected chi connectivity index (χ4v) is 4.95. The van der Waals surface area contributed by atoms with Crippen molar-refractivity contribution in [1.82, 2.24) is 0 Å². The summed E-state index contributed by atoms with van der Waals surface area (Å²) in [7, 11) is -2.86. The van der Waals surface area contributed by atoms with Crippen molar-refractivity contribution >= 4 is 13.3 Å². The summed E-state index contributed by atoms with van der Waals surface area (Å²) in [6.07, 6.45) is -0.157. The molecule has 0 aliphatic rings. The van der Waals surface area contributed by atoms with Crippen molar-refractivity contribution in [3.05, 3.63) is 102 Å². The molecule has 144 valence electrons.